The van der Waals surface area contributed by atoms with Crippen molar-refractivity contribution < 1.29 is 5.11 Å². The lowest BCUT2D eigenvalue weighted by Gasteiger charge is -2.17. The van der Waals surface area contributed by atoms with Crippen LogP contribution in [0.1, 0.15) is 24.1 Å². The zero-order valence-electron chi connectivity index (χ0n) is 7.94. The first-order valence-corrected chi connectivity index (χ1v) is 4.29. The lowest BCUT2D eigenvalue weighted by Crippen LogP contribution is -2.24. The molecule has 1 aromatic carbocycles. The summed E-state index contributed by atoms with van der Waals surface area (Å²) < 4.78 is 0. The summed E-state index contributed by atoms with van der Waals surface area (Å²) in [6, 6.07) is 6.29. The van der Waals surface area contributed by atoms with Crippen molar-refractivity contribution in [3.05, 3.63) is 29.3 Å². The third kappa shape index (κ3) is 2.02. The molecule has 0 aromatic heterocycles. The number of nitrogen functional groups attached to an aromatic ring is 1. The van der Waals surface area contributed by atoms with E-state index in [0.29, 0.717) is 16.8 Å². The first-order chi connectivity index (χ1) is 6.56. The van der Waals surface area contributed by atoms with Crippen LogP contribution in [0.15, 0.2) is 18.2 Å². The molecule has 0 aliphatic rings. The van der Waals surface area contributed by atoms with Crippen LogP contribution in [0.2, 0.25) is 0 Å². The highest BCUT2D eigenvalue weighted by atomic mass is 16.3. The summed E-state index contributed by atoms with van der Waals surface area (Å²) in [4.78, 5) is 0. The van der Waals surface area contributed by atoms with E-state index >= 15 is 0 Å². The molecular formula is C10H13N3O. The molecule has 0 spiro atoms. The average molecular weight is 191 g/mol. The van der Waals surface area contributed by atoms with Gasteiger partial charge in [0.2, 0.25) is 0 Å². The molecule has 0 aliphatic carbocycles. The molecule has 0 unspecified atom stereocenters. The number of benzene rings is 1. The van der Waals surface area contributed by atoms with Gasteiger partial charge < -0.3 is 16.6 Å². The molecule has 0 saturated carbocycles. The highest BCUT2D eigenvalue weighted by molar-refractivity contribution is 5.52. The summed E-state index contributed by atoms with van der Waals surface area (Å²) >= 11 is 0. The Balaban J connectivity index is 3.13. The third-order valence-corrected chi connectivity index (χ3v) is 2.09. The molecule has 1 rings (SSSR count). The molecule has 0 aliphatic heterocycles. The number of anilines is 1. The first kappa shape index (κ1) is 10.5. The van der Waals surface area contributed by atoms with Crippen molar-refractivity contribution in [2.45, 2.75) is 19.1 Å². The summed E-state index contributed by atoms with van der Waals surface area (Å²) in [5, 5.41) is 18.0. The van der Waals surface area contributed by atoms with Gasteiger partial charge in [0, 0.05) is 5.69 Å². The van der Waals surface area contributed by atoms with Crippen LogP contribution in [0.5, 0.6) is 0 Å². The van der Waals surface area contributed by atoms with E-state index in [1.807, 2.05) is 6.07 Å². The Kier molecular flexibility index (Phi) is 3.07. The van der Waals surface area contributed by atoms with Gasteiger partial charge in [-0.1, -0.05) is 0 Å². The van der Waals surface area contributed by atoms with Gasteiger partial charge >= 0.3 is 0 Å². The quantitative estimate of drug-likeness (QED) is 0.594. The lowest BCUT2D eigenvalue weighted by atomic mass is 9.99. The topological polar surface area (TPSA) is 96.1 Å². The highest BCUT2D eigenvalue weighted by Gasteiger charge is 2.15. The second-order valence-corrected chi connectivity index (χ2v) is 3.22. The van der Waals surface area contributed by atoms with E-state index < -0.39 is 12.1 Å². The Labute approximate surface area is 82.8 Å². The Bertz CT molecular complexity index is 368. The van der Waals surface area contributed by atoms with E-state index in [9.17, 15) is 5.11 Å². The second kappa shape index (κ2) is 4.09. The van der Waals surface area contributed by atoms with E-state index in [1.54, 1.807) is 25.1 Å². The number of hydrogen-bond donors (Lipinski definition) is 3. The van der Waals surface area contributed by atoms with E-state index in [0.717, 1.165) is 0 Å². The molecule has 5 N–H and O–H groups in total. The number of aliphatic hydroxyl groups excluding tert-OH is 1. The van der Waals surface area contributed by atoms with Crippen LogP contribution in [-0.4, -0.2) is 11.2 Å². The molecule has 0 amide bonds. The third-order valence-electron chi connectivity index (χ3n) is 2.09. The molecule has 4 heteroatoms. The summed E-state index contributed by atoms with van der Waals surface area (Å²) in [5.41, 5.74) is 13.0. The van der Waals surface area contributed by atoms with Gasteiger partial charge in [0.1, 0.15) is 0 Å². The summed E-state index contributed by atoms with van der Waals surface area (Å²) in [6.45, 7) is 1.59. The Morgan fingerprint density at radius 1 is 1.50 bits per heavy atom. The van der Waals surface area contributed by atoms with Crippen molar-refractivity contribution in [3.63, 3.8) is 0 Å². The van der Waals surface area contributed by atoms with E-state index in [2.05, 4.69) is 0 Å². The predicted octanol–water partition coefficient (Wildman–Crippen LogP) is 0.521. The van der Waals surface area contributed by atoms with E-state index in [4.69, 9.17) is 16.7 Å². The largest absolute Gasteiger partial charge is 0.398 e. The van der Waals surface area contributed by atoms with Gasteiger partial charge in [-0.3, -0.25) is 0 Å². The van der Waals surface area contributed by atoms with Gasteiger partial charge in [0.25, 0.3) is 0 Å². The lowest BCUT2D eigenvalue weighted by molar-refractivity contribution is 0.164. The van der Waals surface area contributed by atoms with Gasteiger partial charge in [-0.05, 0) is 30.7 Å². The van der Waals surface area contributed by atoms with Crippen LogP contribution in [0, 0.1) is 11.3 Å². The van der Waals surface area contributed by atoms with Crippen LogP contribution in [-0.2, 0) is 0 Å². The van der Waals surface area contributed by atoms with Gasteiger partial charge in [-0.25, -0.2) is 0 Å². The zero-order chi connectivity index (χ0) is 10.7. The molecule has 0 bridgehead atoms. The van der Waals surface area contributed by atoms with Crippen LogP contribution >= 0.6 is 0 Å². The first-order valence-electron chi connectivity index (χ1n) is 4.29. The van der Waals surface area contributed by atoms with Crippen molar-refractivity contribution in [1.29, 1.82) is 5.26 Å². The predicted molar refractivity (Wildman–Crippen MR) is 54.2 cm³/mol. The van der Waals surface area contributed by atoms with Gasteiger partial charge in [0.05, 0.1) is 23.8 Å². The zero-order valence-corrected chi connectivity index (χ0v) is 7.94. The fraction of sp³-hybridized carbons (Fsp3) is 0.300. The molecule has 0 fully saturated rings. The van der Waals surface area contributed by atoms with E-state index in [1.165, 1.54) is 0 Å². The fourth-order valence-corrected chi connectivity index (χ4v) is 1.19. The summed E-state index contributed by atoms with van der Waals surface area (Å²) in [7, 11) is 0. The maximum Gasteiger partial charge on any atom is 0.0991 e. The maximum absolute atomic E-state index is 9.30. The Morgan fingerprint density at radius 3 is 2.64 bits per heavy atom. The van der Waals surface area contributed by atoms with Crippen molar-refractivity contribution in [1.82, 2.24) is 0 Å². The standard InChI is InChI=1S/C10H13N3O/c1-6(14)10(13)8-4-7(5-11)2-3-9(8)12/h2-4,6,10,14H,12-13H2,1H3/t6-,10+/m1/s1. The van der Waals surface area contributed by atoms with Crippen LogP contribution in [0.4, 0.5) is 5.69 Å². The smallest absolute Gasteiger partial charge is 0.0991 e. The van der Waals surface area contributed by atoms with Crippen molar-refractivity contribution in [3.8, 4) is 6.07 Å². The molecule has 1 aromatic rings. The van der Waals surface area contributed by atoms with Crippen LogP contribution < -0.4 is 11.5 Å². The molecule has 4 nitrogen and oxygen atoms in total. The van der Waals surface area contributed by atoms with Gasteiger partial charge in [-0.2, -0.15) is 5.26 Å². The fourth-order valence-electron chi connectivity index (χ4n) is 1.19. The van der Waals surface area contributed by atoms with Gasteiger partial charge in [0.15, 0.2) is 0 Å². The maximum atomic E-state index is 9.30. The Hall–Kier alpha value is -1.57. The number of aliphatic hydroxyl groups is 1. The average Bonchev–Trinajstić information content (AvgIpc) is 2.17. The molecule has 2 atom stereocenters. The minimum atomic E-state index is -0.689. The minimum Gasteiger partial charge on any atom is -0.398 e. The molecule has 14 heavy (non-hydrogen) atoms. The molecule has 0 heterocycles. The summed E-state index contributed by atoms with van der Waals surface area (Å²) in [5.74, 6) is 0. The van der Waals surface area contributed by atoms with E-state index in [-0.39, 0.29) is 0 Å². The number of nitrogens with two attached hydrogens (primary N) is 2. The highest BCUT2D eigenvalue weighted by Crippen LogP contribution is 2.22. The molecule has 0 radical (unpaired) electrons. The van der Waals surface area contributed by atoms with Crippen molar-refractivity contribution >= 4 is 5.69 Å². The molecular weight excluding hydrogens is 178 g/mol. The minimum absolute atomic E-state index is 0.491. The normalized spacial score (nSPS) is 14.4. The summed E-state index contributed by atoms with van der Waals surface area (Å²) in [6.07, 6.45) is -0.689. The monoisotopic (exact) mass is 191 g/mol. The number of nitriles is 1. The SMILES string of the molecule is C[C@@H](O)[C@H](N)c1cc(C#N)ccc1N. The Morgan fingerprint density at radius 2 is 2.14 bits per heavy atom. The van der Waals surface area contributed by atoms with Gasteiger partial charge in [-0.15, -0.1) is 0 Å². The number of hydrogen-bond acceptors (Lipinski definition) is 4. The molecule has 0 saturated heterocycles. The van der Waals surface area contributed by atoms with Crippen molar-refractivity contribution in [2.24, 2.45) is 5.73 Å². The second-order valence-electron chi connectivity index (χ2n) is 3.22. The van der Waals surface area contributed by atoms with Crippen LogP contribution in [0.25, 0.3) is 0 Å². The van der Waals surface area contributed by atoms with Crippen molar-refractivity contribution in [2.75, 3.05) is 5.73 Å². The molecule has 74 valence electrons. The van der Waals surface area contributed by atoms with Crippen LogP contribution in [0.3, 0.4) is 0 Å². The number of nitrogens with zero attached hydrogens (tertiary/aromatic N) is 1. The number of rotatable bonds is 2.